The lowest BCUT2D eigenvalue weighted by Gasteiger charge is -2.19. The maximum atomic E-state index is 3.58. The predicted octanol–water partition coefficient (Wildman–Crippen LogP) is 5.40. The average Bonchev–Trinajstić information content (AvgIpc) is 2.37. The van der Waals surface area contributed by atoms with Crippen LogP contribution in [0.25, 0.3) is 0 Å². The summed E-state index contributed by atoms with van der Waals surface area (Å²) < 4.78 is 1.16. The molecule has 0 aliphatic heterocycles. The predicted molar refractivity (Wildman–Crippen MR) is 86.5 cm³/mol. The van der Waals surface area contributed by atoms with Gasteiger partial charge in [0.2, 0.25) is 0 Å². The van der Waals surface area contributed by atoms with Gasteiger partial charge in [0.05, 0.1) is 0 Å². The molecule has 0 bridgehead atoms. The monoisotopic (exact) mass is 329 g/mol. The van der Waals surface area contributed by atoms with Gasteiger partial charge in [-0.05, 0) is 50.1 Å². The summed E-state index contributed by atoms with van der Waals surface area (Å²) in [6, 6.07) is 7.04. The van der Waals surface area contributed by atoms with Crippen LogP contribution in [0, 0.1) is 0 Å². The highest BCUT2D eigenvalue weighted by Gasteiger charge is 2.13. The Kier molecular flexibility index (Phi) is 7.35. The smallest absolute Gasteiger partial charge is 0.0303 e. The maximum Gasteiger partial charge on any atom is 0.0303 e. The summed E-state index contributed by atoms with van der Waals surface area (Å²) in [5, 5.41) is 4.24. The minimum absolute atomic E-state index is 0.411. The number of nitrogens with one attached hydrogen (secondary N) is 1. The summed E-state index contributed by atoms with van der Waals surface area (Å²) in [7, 11) is 0. The molecule has 2 atom stereocenters. The molecule has 0 radical (unpaired) electrons. The van der Waals surface area contributed by atoms with E-state index in [1.54, 1.807) is 0 Å². The summed E-state index contributed by atoms with van der Waals surface area (Å²) in [6.45, 7) is 10.1. The van der Waals surface area contributed by atoms with Crippen molar-refractivity contribution in [2.45, 2.75) is 56.7 Å². The topological polar surface area (TPSA) is 12.0 Å². The molecular formula is C15H24BrNS. The Hall–Kier alpha value is 0.01000. The molecule has 3 heteroatoms. The first kappa shape index (κ1) is 16.1. The first-order valence-corrected chi connectivity index (χ1v) is 8.45. The highest BCUT2D eigenvalue weighted by molar-refractivity contribution is 9.10. The molecule has 0 saturated heterocycles. The van der Waals surface area contributed by atoms with Gasteiger partial charge in [0.1, 0.15) is 0 Å². The molecule has 0 aliphatic rings. The zero-order valence-corrected chi connectivity index (χ0v) is 14.2. The van der Waals surface area contributed by atoms with Crippen LogP contribution >= 0.6 is 27.7 Å². The molecule has 1 aromatic rings. The Morgan fingerprint density at radius 1 is 1.28 bits per heavy atom. The Morgan fingerprint density at radius 2 is 2.00 bits per heavy atom. The van der Waals surface area contributed by atoms with E-state index in [9.17, 15) is 0 Å². The van der Waals surface area contributed by atoms with E-state index >= 15 is 0 Å². The quantitative estimate of drug-likeness (QED) is 0.672. The number of halogens is 1. The van der Waals surface area contributed by atoms with Gasteiger partial charge in [0, 0.05) is 20.7 Å². The second-order valence-corrected chi connectivity index (χ2v) is 7.09. The van der Waals surface area contributed by atoms with Crippen LogP contribution in [0.1, 0.15) is 52.1 Å². The van der Waals surface area contributed by atoms with E-state index in [1.807, 2.05) is 11.8 Å². The molecule has 18 heavy (non-hydrogen) atoms. The molecule has 1 aromatic carbocycles. The summed E-state index contributed by atoms with van der Waals surface area (Å²) in [5.74, 6) is 0. The van der Waals surface area contributed by atoms with Crippen LogP contribution in [-0.4, -0.2) is 11.8 Å². The van der Waals surface area contributed by atoms with E-state index in [0.717, 1.165) is 11.0 Å². The molecule has 1 N–H and O–H groups in total. The molecular weight excluding hydrogens is 306 g/mol. The second-order valence-electron chi connectivity index (χ2n) is 4.69. The first-order valence-electron chi connectivity index (χ1n) is 6.77. The second kappa shape index (κ2) is 8.23. The molecule has 0 aliphatic carbocycles. The average molecular weight is 330 g/mol. The van der Waals surface area contributed by atoms with Gasteiger partial charge in [-0.2, -0.15) is 0 Å². The molecule has 1 nitrogen and oxygen atoms in total. The Labute approximate surface area is 124 Å². The zero-order chi connectivity index (χ0) is 13.5. The Balaban J connectivity index is 2.88. The standard InChI is InChI=1S/C15H24BrNS/c1-5-9-17-12(4)14-10-13(16)7-8-15(14)18-11(3)6-2/h7-8,10-12,17H,5-6,9H2,1-4H3. The van der Waals surface area contributed by atoms with E-state index in [2.05, 4.69) is 67.1 Å². The van der Waals surface area contributed by atoms with Crippen LogP contribution in [-0.2, 0) is 0 Å². The molecule has 0 spiro atoms. The van der Waals surface area contributed by atoms with Crippen LogP contribution in [0.5, 0.6) is 0 Å². The molecule has 0 saturated carbocycles. The Bertz CT molecular complexity index is 368. The van der Waals surface area contributed by atoms with Gasteiger partial charge in [-0.1, -0.05) is 36.7 Å². The van der Waals surface area contributed by atoms with Crippen molar-refractivity contribution in [1.29, 1.82) is 0 Å². The van der Waals surface area contributed by atoms with Crippen molar-refractivity contribution in [3.05, 3.63) is 28.2 Å². The van der Waals surface area contributed by atoms with Crippen LogP contribution in [0.2, 0.25) is 0 Å². The number of hydrogen-bond donors (Lipinski definition) is 1. The van der Waals surface area contributed by atoms with Crippen LogP contribution in [0.3, 0.4) is 0 Å². The maximum absolute atomic E-state index is 3.58. The van der Waals surface area contributed by atoms with E-state index in [-0.39, 0.29) is 0 Å². The molecule has 0 aromatic heterocycles. The van der Waals surface area contributed by atoms with Crippen LogP contribution in [0.4, 0.5) is 0 Å². The van der Waals surface area contributed by atoms with E-state index < -0.39 is 0 Å². The van der Waals surface area contributed by atoms with Crippen molar-refractivity contribution in [2.75, 3.05) is 6.54 Å². The number of rotatable bonds is 7. The third kappa shape index (κ3) is 4.94. The van der Waals surface area contributed by atoms with Gasteiger partial charge in [-0.25, -0.2) is 0 Å². The Morgan fingerprint density at radius 3 is 2.61 bits per heavy atom. The minimum atomic E-state index is 0.411. The van der Waals surface area contributed by atoms with E-state index in [4.69, 9.17) is 0 Å². The lowest BCUT2D eigenvalue weighted by molar-refractivity contribution is 0.563. The lowest BCUT2D eigenvalue weighted by Crippen LogP contribution is -2.20. The molecule has 1 rings (SSSR count). The van der Waals surface area contributed by atoms with Crippen molar-refractivity contribution < 1.29 is 0 Å². The van der Waals surface area contributed by atoms with Crippen molar-refractivity contribution in [2.24, 2.45) is 0 Å². The van der Waals surface area contributed by atoms with Crippen molar-refractivity contribution in [3.8, 4) is 0 Å². The molecule has 0 heterocycles. The van der Waals surface area contributed by atoms with Crippen molar-refractivity contribution in [3.63, 3.8) is 0 Å². The SMILES string of the molecule is CCCNC(C)c1cc(Br)ccc1SC(C)CC. The molecule has 0 amide bonds. The normalized spacial score (nSPS) is 14.5. The van der Waals surface area contributed by atoms with Gasteiger partial charge in [0.25, 0.3) is 0 Å². The third-order valence-corrected chi connectivity index (χ3v) is 4.90. The van der Waals surface area contributed by atoms with Gasteiger partial charge >= 0.3 is 0 Å². The largest absolute Gasteiger partial charge is 0.310 e. The number of benzene rings is 1. The third-order valence-electron chi connectivity index (χ3n) is 3.04. The summed E-state index contributed by atoms with van der Waals surface area (Å²) in [4.78, 5) is 1.41. The first-order chi connectivity index (χ1) is 8.58. The fourth-order valence-electron chi connectivity index (χ4n) is 1.74. The van der Waals surface area contributed by atoms with Gasteiger partial charge in [0.15, 0.2) is 0 Å². The fourth-order valence-corrected chi connectivity index (χ4v) is 3.23. The summed E-state index contributed by atoms with van der Waals surface area (Å²) in [5.41, 5.74) is 1.41. The highest BCUT2D eigenvalue weighted by atomic mass is 79.9. The van der Waals surface area contributed by atoms with E-state index in [0.29, 0.717) is 11.3 Å². The number of hydrogen-bond acceptors (Lipinski definition) is 2. The number of thioether (sulfide) groups is 1. The summed E-state index contributed by atoms with van der Waals surface area (Å²) >= 11 is 5.56. The lowest BCUT2D eigenvalue weighted by atomic mass is 10.1. The van der Waals surface area contributed by atoms with Crippen molar-refractivity contribution >= 4 is 27.7 Å². The fraction of sp³-hybridized carbons (Fsp3) is 0.600. The molecule has 0 fully saturated rings. The van der Waals surface area contributed by atoms with E-state index in [1.165, 1.54) is 23.3 Å². The minimum Gasteiger partial charge on any atom is -0.310 e. The van der Waals surface area contributed by atoms with Crippen LogP contribution in [0.15, 0.2) is 27.6 Å². The van der Waals surface area contributed by atoms with Gasteiger partial charge in [-0.3, -0.25) is 0 Å². The van der Waals surface area contributed by atoms with Gasteiger partial charge < -0.3 is 5.32 Å². The van der Waals surface area contributed by atoms with Crippen molar-refractivity contribution in [1.82, 2.24) is 5.32 Å². The van der Waals surface area contributed by atoms with Crippen LogP contribution < -0.4 is 5.32 Å². The summed E-state index contributed by atoms with van der Waals surface area (Å²) in [6.07, 6.45) is 2.38. The highest BCUT2D eigenvalue weighted by Crippen LogP contribution is 2.33. The molecule has 2 unspecified atom stereocenters. The van der Waals surface area contributed by atoms with Gasteiger partial charge in [-0.15, -0.1) is 11.8 Å². The molecule has 102 valence electrons. The zero-order valence-electron chi connectivity index (χ0n) is 11.8.